The van der Waals surface area contributed by atoms with Gasteiger partial charge in [0.1, 0.15) is 23.9 Å². The molecule has 3 aromatic carbocycles. The molecule has 0 aliphatic carbocycles. The first-order valence-corrected chi connectivity index (χ1v) is 9.98. The van der Waals surface area contributed by atoms with Crippen LogP contribution in [0.25, 0.3) is 0 Å². The minimum absolute atomic E-state index is 0.298. The zero-order chi connectivity index (χ0) is 21.8. The standard InChI is InChI=1S/C25H23NO5/c1-29-21-13-19(14-22(15-21)30-2)24(27)26-11-10-18-12-20(8-9-23(18)25(26)28)31-16-17-6-4-3-5-7-17/h3-9,12-15H,10-11,16H2,1-2H3. The second-order valence-electron chi connectivity index (χ2n) is 7.21. The van der Waals surface area contributed by atoms with Crippen LogP contribution in [0.15, 0.2) is 66.7 Å². The Hall–Kier alpha value is -3.80. The molecule has 0 aromatic heterocycles. The van der Waals surface area contributed by atoms with Gasteiger partial charge < -0.3 is 14.2 Å². The SMILES string of the molecule is COc1cc(OC)cc(C(=O)N2CCc3cc(OCc4ccccc4)ccc3C2=O)c1. The summed E-state index contributed by atoms with van der Waals surface area (Å²) in [5.74, 6) is 0.994. The molecule has 4 rings (SSSR count). The molecule has 0 saturated carbocycles. The number of hydrogen-bond donors (Lipinski definition) is 0. The van der Waals surface area contributed by atoms with Gasteiger partial charge in [0.25, 0.3) is 11.8 Å². The van der Waals surface area contributed by atoms with Gasteiger partial charge in [0.2, 0.25) is 0 Å². The number of nitrogens with zero attached hydrogens (tertiary/aromatic N) is 1. The number of amides is 2. The maximum atomic E-state index is 13.1. The lowest BCUT2D eigenvalue weighted by Crippen LogP contribution is -2.42. The number of fused-ring (bicyclic) bond motifs is 1. The molecule has 0 bridgehead atoms. The summed E-state index contributed by atoms with van der Waals surface area (Å²) in [5, 5.41) is 0. The number of ether oxygens (including phenoxy) is 3. The highest BCUT2D eigenvalue weighted by Crippen LogP contribution is 2.28. The van der Waals surface area contributed by atoms with Crippen LogP contribution in [0.4, 0.5) is 0 Å². The highest BCUT2D eigenvalue weighted by Gasteiger charge is 2.30. The van der Waals surface area contributed by atoms with Gasteiger partial charge in [-0.05, 0) is 47.9 Å². The second-order valence-corrected chi connectivity index (χ2v) is 7.21. The number of benzene rings is 3. The van der Waals surface area contributed by atoms with Gasteiger partial charge in [0, 0.05) is 23.7 Å². The Morgan fingerprint density at radius 2 is 1.61 bits per heavy atom. The van der Waals surface area contributed by atoms with Crippen LogP contribution in [0.1, 0.15) is 31.8 Å². The summed E-state index contributed by atoms with van der Waals surface area (Å²) in [7, 11) is 3.03. The number of hydrogen-bond acceptors (Lipinski definition) is 5. The average molecular weight is 417 g/mol. The largest absolute Gasteiger partial charge is 0.497 e. The molecule has 3 aromatic rings. The van der Waals surface area contributed by atoms with Crippen molar-refractivity contribution in [1.82, 2.24) is 4.90 Å². The van der Waals surface area contributed by atoms with Crippen LogP contribution in [-0.2, 0) is 13.0 Å². The first-order chi connectivity index (χ1) is 15.1. The Balaban J connectivity index is 1.51. The van der Waals surface area contributed by atoms with E-state index in [4.69, 9.17) is 14.2 Å². The van der Waals surface area contributed by atoms with Crippen molar-refractivity contribution in [2.75, 3.05) is 20.8 Å². The van der Waals surface area contributed by atoms with Gasteiger partial charge in [-0.3, -0.25) is 14.5 Å². The molecule has 1 aliphatic heterocycles. The summed E-state index contributed by atoms with van der Waals surface area (Å²) in [6.45, 7) is 0.752. The average Bonchev–Trinajstić information content (AvgIpc) is 2.82. The van der Waals surface area contributed by atoms with E-state index in [0.29, 0.717) is 47.9 Å². The molecule has 0 radical (unpaired) electrons. The second kappa shape index (κ2) is 8.92. The van der Waals surface area contributed by atoms with E-state index in [0.717, 1.165) is 11.1 Å². The van der Waals surface area contributed by atoms with Crippen LogP contribution in [0.3, 0.4) is 0 Å². The third-order valence-corrected chi connectivity index (χ3v) is 5.25. The molecule has 6 heteroatoms. The summed E-state index contributed by atoms with van der Waals surface area (Å²) >= 11 is 0. The predicted octanol–water partition coefficient (Wildman–Crippen LogP) is 4.12. The Labute approximate surface area is 181 Å². The molecule has 1 aliphatic rings. The highest BCUT2D eigenvalue weighted by atomic mass is 16.5. The maximum absolute atomic E-state index is 13.1. The minimum atomic E-state index is -0.378. The molecule has 0 fully saturated rings. The molecule has 1 heterocycles. The minimum Gasteiger partial charge on any atom is -0.497 e. The molecule has 0 saturated heterocycles. The molecular weight excluding hydrogens is 394 g/mol. The summed E-state index contributed by atoms with van der Waals surface area (Å²) in [6, 6.07) is 20.2. The lowest BCUT2D eigenvalue weighted by molar-refractivity contribution is 0.0604. The van der Waals surface area contributed by atoms with Gasteiger partial charge in [0.05, 0.1) is 14.2 Å². The van der Waals surface area contributed by atoms with Gasteiger partial charge in [-0.15, -0.1) is 0 Å². The summed E-state index contributed by atoms with van der Waals surface area (Å²) in [6.07, 6.45) is 0.566. The molecule has 0 atom stereocenters. The van der Waals surface area contributed by atoms with Gasteiger partial charge in [-0.2, -0.15) is 0 Å². The Morgan fingerprint density at radius 3 is 2.29 bits per heavy atom. The van der Waals surface area contributed by atoms with Crippen molar-refractivity contribution in [3.8, 4) is 17.2 Å². The lowest BCUT2D eigenvalue weighted by atomic mass is 9.98. The molecule has 0 N–H and O–H groups in total. The zero-order valence-corrected chi connectivity index (χ0v) is 17.5. The van der Waals surface area contributed by atoms with E-state index in [-0.39, 0.29) is 11.8 Å². The zero-order valence-electron chi connectivity index (χ0n) is 17.5. The van der Waals surface area contributed by atoms with Crippen molar-refractivity contribution < 1.29 is 23.8 Å². The van der Waals surface area contributed by atoms with Crippen LogP contribution >= 0.6 is 0 Å². The van der Waals surface area contributed by atoms with E-state index < -0.39 is 0 Å². The van der Waals surface area contributed by atoms with E-state index in [1.54, 1.807) is 30.3 Å². The number of rotatable bonds is 6. The Morgan fingerprint density at radius 1 is 0.903 bits per heavy atom. The first-order valence-electron chi connectivity index (χ1n) is 9.98. The van der Waals surface area contributed by atoms with Crippen molar-refractivity contribution in [3.63, 3.8) is 0 Å². The number of carbonyl (C=O) groups excluding carboxylic acids is 2. The first kappa shape index (κ1) is 20.5. The van der Waals surface area contributed by atoms with E-state index in [9.17, 15) is 9.59 Å². The van der Waals surface area contributed by atoms with E-state index >= 15 is 0 Å². The number of methoxy groups -OCH3 is 2. The lowest BCUT2D eigenvalue weighted by Gasteiger charge is -2.27. The van der Waals surface area contributed by atoms with E-state index in [1.165, 1.54) is 19.1 Å². The van der Waals surface area contributed by atoms with Crippen molar-refractivity contribution in [1.29, 1.82) is 0 Å². The Kier molecular flexibility index (Phi) is 5.89. The van der Waals surface area contributed by atoms with E-state index in [1.807, 2.05) is 36.4 Å². The smallest absolute Gasteiger partial charge is 0.261 e. The predicted molar refractivity (Wildman–Crippen MR) is 116 cm³/mol. The normalized spacial score (nSPS) is 12.8. The van der Waals surface area contributed by atoms with E-state index in [2.05, 4.69) is 0 Å². The fraction of sp³-hybridized carbons (Fsp3) is 0.200. The van der Waals surface area contributed by atoms with Crippen molar-refractivity contribution in [3.05, 3.63) is 89.0 Å². The van der Waals surface area contributed by atoms with Crippen molar-refractivity contribution in [2.24, 2.45) is 0 Å². The van der Waals surface area contributed by atoms with Crippen LogP contribution in [-0.4, -0.2) is 37.5 Å². The molecule has 31 heavy (non-hydrogen) atoms. The molecule has 0 spiro atoms. The summed E-state index contributed by atoms with van der Waals surface area (Å²) < 4.78 is 16.3. The highest BCUT2D eigenvalue weighted by molar-refractivity contribution is 6.11. The van der Waals surface area contributed by atoms with Crippen molar-refractivity contribution in [2.45, 2.75) is 13.0 Å². The van der Waals surface area contributed by atoms with Gasteiger partial charge in [-0.25, -0.2) is 0 Å². The third kappa shape index (κ3) is 4.38. The summed E-state index contributed by atoms with van der Waals surface area (Å²) in [4.78, 5) is 27.3. The molecule has 6 nitrogen and oxygen atoms in total. The van der Waals surface area contributed by atoms with Gasteiger partial charge in [0.15, 0.2) is 0 Å². The fourth-order valence-corrected chi connectivity index (χ4v) is 3.58. The molecular formula is C25H23NO5. The van der Waals surface area contributed by atoms with Crippen LogP contribution in [0, 0.1) is 0 Å². The fourth-order valence-electron chi connectivity index (χ4n) is 3.58. The maximum Gasteiger partial charge on any atom is 0.261 e. The quantitative estimate of drug-likeness (QED) is 0.565. The molecule has 158 valence electrons. The van der Waals surface area contributed by atoms with Gasteiger partial charge >= 0.3 is 0 Å². The monoisotopic (exact) mass is 417 g/mol. The van der Waals surface area contributed by atoms with Crippen LogP contribution < -0.4 is 14.2 Å². The number of carbonyl (C=O) groups is 2. The Bertz CT molecular complexity index is 1090. The molecule has 0 unspecified atom stereocenters. The molecule has 2 amide bonds. The summed E-state index contributed by atoms with van der Waals surface area (Å²) in [5.41, 5.74) is 2.81. The van der Waals surface area contributed by atoms with Crippen LogP contribution in [0.2, 0.25) is 0 Å². The van der Waals surface area contributed by atoms with Crippen molar-refractivity contribution >= 4 is 11.8 Å². The topological polar surface area (TPSA) is 65.1 Å². The van der Waals surface area contributed by atoms with Crippen LogP contribution in [0.5, 0.6) is 17.2 Å². The van der Waals surface area contributed by atoms with Gasteiger partial charge in [-0.1, -0.05) is 30.3 Å². The number of imide groups is 1. The third-order valence-electron chi connectivity index (χ3n) is 5.25.